The van der Waals surface area contributed by atoms with Gasteiger partial charge in [0.05, 0.1) is 5.56 Å². The van der Waals surface area contributed by atoms with Gasteiger partial charge in [0.15, 0.2) is 0 Å². The second-order valence-electron chi connectivity index (χ2n) is 7.28. The summed E-state index contributed by atoms with van der Waals surface area (Å²) in [6.45, 7) is 4.41. The van der Waals surface area contributed by atoms with E-state index < -0.39 is 11.7 Å². The monoisotopic (exact) mass is 479 g/mol. The molecule has 0 fully saturated rings. The molecule has 0 atom stereocenters. The van der Waals surface area contributed by atoms with Crippen molar-refractivity contribution >= 4 is 34.0 Å². The summed E-state index contributed by atoms with van der Waals surface area (Å²) in [5.74, 6) is 0. The molecule has 0 amide bonds. The smallest absolute Gasteiger partial charge is 0.356 e. The molecule has 4 rings (SSSR count). The van der Waals surface area contributed by atoms with Crippen molar-refractivity contribution in [2.75, 3.05) is 5.32 Å². The number of fused-ring (bicyclic) bond motifs is 3. The Hall–Kier alpha value is -2.02. The van der Waals surface area contributed by atoms with Crippen LogP contribution in [-0.2, 0) is 11.6 Å². The first-order chi connectivity index (χ1) is 12.7. The highest BCUT2D eigenvalue weighted by Gasteiger charge is 2.35. The predicted molar refractivity (Wildman–Crippen MR) is 111 cm³/mol. The molecule has 1 aliphatic rings. The van der Waals surface area contributed by atoms with Crippen molar-refractivity contribution in [1.82, 2.24) is 0 Å². The summed E-state index contributed by atoms with van der Waals surface area (Å²) < 4.78 is 39.4. The first-order valence-electron chi connectivity index (χ1n) is 8.55. The fourth-order valence-electron chi connectivity index (χ4n) is 3.70. The van der Waals surface area contributed by atoms with Gasteiger partial charge in [-0.15, -0.1) is 0 Å². The molecule has 0 heterocycles. The molecule has 3 aromatic rings. The summed E-state index contributed by atoms with van der Waals surface area (Å²) in [6, 6.07) is 17.7. The molecule has 138 valence electrons. The molecule has 0 spiro atoms. The van der Waals surface area contributed by atoms with Crippen LogP contribution >= 0.6 is 22.6 Å². The lowest BCUT2D eigenvalue weighted by atomic mass is 9.82. The standard InChI is InChI=1S/C22H17F3IN/c1-21(2)19-11-14(26)5-9-17(19)18-10-8-16(12-20(18)21)27-15-6-3-13(4-7-15)22(23,24)25/h3-12,27H,1-2H3. The molecular formula is C22H17F3IN. The highest BCUT2D eigenvalue weighted by atomic mass is 127. The minimum atomic E-state index is -4.32. The van der Waals surface area contributed by atoms with Gasteiger partial charge in [0, 0.05) is 20.4 Å². The second kappa shape index (κ2) is 6.26. The summed E-state index contributed by atoms with van der Waals surface area (Å²) in [6.07, 6.45) is -4.32. The Bertz CT molecular complexity index is 1020. The van der Waals surface area contributed by atoms with E-state index in [2.05, 4.69) is 72.1 Å². The minimum absolute atomic E-state index is 0.121. The van der Waals surface area contributed by atoms with Crippen molar-refractivity contribution in [1.29, 1.82) is 0 Å². The van der Waals surface area contributed by atoms with Crippen molar-refractivity contribution < 1.29 is 13.2 Å². The van der Waals surface area contributed by atoms with Crippen LogP contribution in [0.2, 0.25) is 0 Å². The van der Waals surface area contributed by atoms with E-state index in [-0.39, 0.29) is 5.41 Å². The highest BCUT2D eigenvalue weighted by molar-refractivity contribution is 14.1. The van der Waals surface area contributed by atoms with Gasteiger partial charge in [-0.05, 0) is 93.4 Å². The van der Waals surface area contributed by atoms with E-state index in [1.807, 2.05) is 6.07 Å². The molecule has 3 aromatic carbocycles. The van der Waals surface area contributed by atoms with Crippen LogP contribution in [0.3, 0.4) is 0 Å². The zero-order valence-corrected chi connectivity index (χ0v) is 16.9. The second-order valence-corrected chi connectivity index (χ2v) is 8.52. The van der Waals surface area contributed by atoms with Crippen LogP contribution in [0, 0.1) is 3.57 Å². The molecule has 1 N–H and O–H groups in total. The van der Waals surface area contributed by atoms with Crippen molar-refractivity contribution in [2.45, 2.75) is 25.4 Å². The van der Waals surface area contributed by atoms with Gasteiger partial charge in [0.25, 0.3) is 0 Å². The van der Waals surface area contributed by atoms with E-state index in [1.54, 1.807) is 0 Å². The molecule has 0 aliphatic heterocycles. The molecule has 0 unspecified atom stereocenters. The van der Waals surface area contributed by atoms with Gasteiger partial charge >= 0.3 is 6.18 Å². The third kappa shape index (κ3) is 3.22. The van der Waals surface area contributed by atoms with E-state index in [1.165, 1.54) is 38.0 Å². The Morgan fingerprint density at radius 3 is 1.96 bits per heavy atom. The van der Waals surface area contributed by atoms with Crippen LogP contribution in [0.25, 0.3) is 11.1 Å². The maximum absolute atomic E-state index is 12.7. The number of halogens is 4. The third-order valence-electron chi connectivity index (χ3n) is 5.14. The van der Waals surface area contributed by atoms with Crippen molar-refractivity contribution in [3.8, 4) is 11.1 Å². The molecule has 1 aliphatic carbocycles. The van der Waals surface area contributed by atoms with Crippen LogP contribution in [0.15, 0.2) is 60.7 Å². The highest BCUT2D eigenvalue weighted by Crippen LogP contribution is 2.49. The topological polar surface area (TPSA) is 12.0 Å². The first-order valence-corrected chi connectivity index (χ1v) is 9.63. The SMILES string of the molecule is CC1(C)c2cc(I)ccc2-c2ccc(Nc3ccc(C(F)(F)F)cc3)cc21. The Balaban J connectivity index is 1.67. The molecule has 0 radical (unpaired) electrons. The lowest BCUT2D eigenvalue weighted by Crippen LogP contribution is -2.15. The number of benzene rings is 3. The predicted octanol–water partition coefficient (Wildman–Crippen LogP) is 7.36. The molecule has 0 bridgehead atoms. The maximum atomic E-state index is 12.7. The van der Waals surface area contributed by atoms with Gasteiger partial charge in [0.2, 0.25) is 0 Å². The van der Waals surface area contributed by atoms with Gasteiger partial charge in [-0.1, -0.05) is 26.0 Å². The third-order valence-corrected chi connectivity index (χ3v) is 5.81. The molecule has 0 saturated carbocycles. The van der Waals surface area contributed by atoms with Crippen LogP contribution in [0.1, 0.15) is 30.5 Å². The number of hydrogen-bond acceptors (Lipinski definition) is 1. The van der Waals surface area contributed by atoms with Gasteiger partial charge in [-0.2, -0.15) is 13.2 Å². The minimum Gasteiger partial charge on any atom is -0.356 e. The normalized spacial score (nSPS) is 14.6. The number of alkyl halides is 3. The summed E-state index contributed by atoms with van der Waals surface area (Å²) >= 11 is 2.33. The van der Waals surface area contributed by atoms with Gasteiger partial charge < -0.3 is 5.32 Å². The van der Waals surface area contributed by atoms with E-state index in [4.69, 9.17) is 0 Å². The Labute approximate surface area is 169 Å². The summed E-state index contributed by atoms with van der Waals surface area (Å²) in [4.78, 5) is 0. The van der Waals surface area contributed by atoms with Crippen LogP contribution in [0.4, 0.5) is 24.5 Å². The number of hydrogen-bond donors (Lipinski definition) is 1. The van der Waals surface area contributed by atoms with Crippen molar-refractivity contribution in [3.05, 3.63) is 80.9 Å². The average Bonchev–Trinajstić information content (AvgIpc) is 2.82. The Kier molecular flexibility index (Phi) is 4.25. The largest absolute Gasteiger partial charge is 0.416 e. The molecule has 27 heavy (non-hydrogen) atoms. The van der Waals surface area contributed by atoms with Crippen LogP contribution in [-0.4, -0.2) is 0 Å². The molecule has 0 saturated heterocycles. The zero-order chi connectivity index (χ0) is 19.4. The quantitative estimate of drug-likeness (QED) is 0.379. The maximum Gasteiger partial charge on any atom is 0.416 e. The fraction of sp³-hybridized carbons (Fsp3) is 0.182. The average molecular weight is 479 g/mol. The van der Waals surface area contributed by atoms with E-state index >= 15 is 0 Å². The van der Waals surface area contributed by atoms with Gasteiger partial charge in [0.1, 0.15) is 0 Å². The summed E-state index contributed by atoms with van der Waals surface area (Å²) in [5.41, 5.74) is 5.71. The lowest BCUT2D eigenvalue weighted by molar-refractivity contribution is -0.137. The molecule has 5 heteroatoms. The number of rotatable bonds is 2. The van der Waals surface area contributed by atoms with Crippen molar-refractivity contribution in [3.63, 3.8) is 0 Å². The zero-order valence-electron chi connectivity index (χ0n) is 14.8. The molecule has 0 aromatic heterocycles. The van der Waals surface area contributed by atoms with E-state index in [9.17, 15) is 13.2 Å². The lowest BCUT2D eigenvalue weighted by Gasteiger charge is -2.22. The van der Waals surface area contributed by atoms with Gasteiger partial charge in [-0.3, -0.25) is 0 Å². The van der Waals surface area contributed by atoms with Crippen LogP contribution < -0.4 is 5.32 Å². The molecule has 1 nitrogen and oxygen atoms in total. The number of anilines is 2. The summed E-state index contributed by atoms with van der Waals surface area (Å²) in [7, 11) is 0. The first kappa shape index (κ1) is 18.3. The molecular weight excluding hydrogens is 462 g/mol. The Morgan fingerprint density at radius 1 is 0.778 bits per heavy atom. The summed E-state index contributed by atoms with van der Waals surface area (Å²) in [5, 5.41) is 3.22. The number of nitrogens with one attached hydrogen (secondary N) is 1. The Morgan fingerprint density at radius 2 is 1.33 bits per heavy atom. The van der Waals surface area contributed by atoms with E-state index in [0.717, 1.165) is 17.8 Å². The fourth-order valence-corrected chi connectivity index (χ4v) is 4.19. The van der Waals surface area contributed by atoms with Gasteiger partial charge in [-0.25, -0.2) is 0 Å². The van der Waals surface area contributed by atoms with E-state index in [0.29, 0.717) is 5.69 Å². The van der Waals surface area contributed by atoms with Crippen LogP contribution in [0.5, 0.6) is 0 Å². The van der Waals surface area contributed by atoms with Crippen molar-refractivity contribution in [2.24, 2.45) is 0 Å².